The summed E-state index contributed by atoms with van der Waals surface area (Å²) < 4.78 is 5.67. The molecular weight excluding hydrogens is 376 g/mol. The Morgan fingerprint density at radius 1 is 1.11 bits per heavy atom. The lowest BCUT2D eigenvalue weighted by molar-refractivity contribution is 0.456. The van der Waals surface area contributed by atoms with Gasteiger partial charge in [-0.1, -0.05) is 35.4 Å². The Kier molecular flexibility index (Phi) is 6.59. The van der Waals surface area contributed by atoms with Gasteiger partial charge in [0.15, 0.2) is 0 Å². The number of nitrogens with two attached hydrogens (primary N) is 1. The molecule has 3 N–H and O–H groups in total. The summed E-state index contributed by atoms with van der Waals surface area (Å²) in [5, 5.41) is 11.2. The first-order chi connectivity index (χ1) is 13.2. The minimum atomic E-state index is -0.335. The molecule has 0 amide bonds. The summed E-state index contributed by atoms with van der Waals surface area (Å²) in [7, 11) is 0. The summed E-state index contributed by atoms with van der Waals surface area (Å²) in [5.74, 6) is 1.17. The molecule has 1 aliphatic rings. The van der Waals surface area contributed by atoms with Crippen molar-refractivity contribution < 1.29 is 4.42 Å². The number of hydrogen-bond donors (Lipinski definition) is 2. The maximum atomic E-state index is 6.20. The minimum absolute atomic E-state index is 0. The third kappa shape index (κ3) is 4.66. The van der Waals surface area contributed by atoms with E-state index in [9.17, 15) is 0 Å². The smallest absolute Gasteiger partial charge is 0.315 e. The van der Waals surface area contributed by atoms with Gasteiger partial charge >= 0.3 is 6.01 Å². The molecule has 7 nitrogen and oxygen atoms in total. The molecule has 2 aromatic heterocycles. The first kappa shape index (κ1) is 20.2. The predicted molar refractivity (Wildman–Crippen MR) is 109 cm³/mol. The lowest BCUT2D eigenvalue weighted by Gasteiger charge is -2.17. The molecule has 28 heavy (non-hydrogen) atoms. The largest absolute Gasteiger partial charge is 0.406 e. The molecule has 0 bridgehead atoms. The summed E-state index contributed by atoms with van der Waals surface area (Å²) in [6, 6.07) is 10.0. The average molecular weight is 401 g/mol. The van der Waals surface area contributed by atoms with Crippen LogP contribution < -0.4 is 11.1 Å². The quantitative estimate of drug-likeness (QED) is 0.654. The first-order valence-electron chi connectivity index (χ1n) is 9.41. The third-order valence-corrected chi connectivity index (χ3v) is 4.89. The molecule has 0 unspecified atom stereocenters. The molecule has 8 heteroatoms. The van der Waals surface area contributed by atoms with Crippen LogP contribution in [0.4, 0.5) is 6.01 Å². The summed E-state index contributed by atoms with van der Waals surface area (Å²) in [6.07, 6.45) is 5.19. The zero-order valence-electron chi connectivity index (χ0n) is 15.9. The highest BCUT2D eigenvalue weighted by Gasteiger charge is 2.17. The molecule has 1 aromatic carbocycles. The van der Waals surface area contributed by atoms with E-state index in [1.165, 1.54) is 24.1 Å². The predicted octanol–water partition coefficient (Wildman–Crippen LogP) is 3.32. The number of halogens is 1. The summed E-state index contributed by atoms with van der Waals surface area (Å²) in [4.78, 5) is 9.31. The summed E-state index contributed by atoms with van der Waals surface area (Å²) in [6.45, 7) is 2.51. The molecular formula is C20H25ClN6O. The van der Waals surface area contributed by atoms with Crippen molar-refractivity contribution in [3.63, 3.8) is 0 Å². The number of anilines is 1. The highest BCUT2D eigenvalue weighted by molar-refractivity contribution is 5.85. The number of nitrogens with one attached hydrogen (secondary N) is 1. The number of aryl methyl sites for hydroxylation is 2. The van der Waals surface area contributed by atoms with Gasteiger partial charge in [-0.25, -0.2) is 9.97 Å². The van der Waals surface area contributed by atoms with Crippen molar-refractivity contribution in [1.82, 2.24) is 20.2 Å². The van der Waals surface area contributed by atoms with E-state index in [2.05, 4.69) is 27.4 Å². The number of rotatable bonds is 6. The van der Waals surface area contributed by atoms with E-state index in [4.69, 9.17) is 15.1 Å². The van der Waals surface area contributed by atoms with E-state index in [0.29, 0.717) is 24.9 Å². The standard InChI is InChI=1S/C20H24N6O.ClH/c1-13-15-9-5-6-10-17(15)24-18(23-13)12-22-20-26-25-19(27-20)16(21)11-14-7-3-2-4-8-14;/h2-4,7-8,16H,5-6,9-12,21H2,1H3,(H,22,26);1H/t16-;/m1./s1. The van der Waals surface area contributed by atoms with Gasteiger partial charge in [-0.3, -0.25) is 0 Å². The van der Waals surface area contributed by atoms with Crippen molar-refractivity contribution in [1.29, 1.82) is 0 Å². The zero-order chi connectivity index (χ0) is 18.6. The van der Waals surface area contributed by atoms with Gasteiger partial charge in [0, 0.05) is 11.4 Å². The zero-order valence-corrected chi connectivity index (χ0v) is 16.7. The Balaban J connectivity index is 0.00000225. The molecule has 0 radical (unpaired) electrons. The van der Waals surface area contributed by atoms with Gasteiger partial charge in [-0.05, 0) is 50.2 Å². The maximum Gasteiger partial charge on any atom is 0.315 e. The van der Waals surface area contributed by atoms with Gasteiger partial charge in [0.05, 0.1) is 12.6 Å². The number of hydrogen-bond acceptors (Lipinski definition) is 7. The normalized spacial score (nSPS) is 14.1. The number of fused-ring (bicyclic) bond motifs is 1. The maximum absolute atomic E-state index is 6.20. The lowest BCUT2D eigenvalue weighted by atomic mass is 9.95. The van der Waals surface area contributed by atoms with Crippen molar-refractivity contribution >= 4 is 18.4 Å². The molecule has 1 atom stereocenters. The second-order valence-corrected chi connectivity index (χ2v) is 6.95. The fourth-order valence-corrected chi connectivity index (χ4v) is 3.49. The van der Waals surface area contributed by atoms with E-state index >= 15 is 0 Å². The second-order valence-electron chi connectivity index (χ2n) is 6.95. The molecule has 0 spiro atoms. The monoisotopic (exact) mass is 400 g/mol. The van der Waals surface area contributed by atoms with Gasteiger partial charge < -0.3 is 15.5 Å². The first-order valence-corrected chi connectivity index (χ1v) is 9.41. The Bertz CT molecular complexity index is 914. The lowest BCUT2D eigenvalue weighted by Crippen LogP contribution is -2.14. The van der Waals surface area contributed by atoms with Crippen LogP contribution in [0, 0.1) is 6.92 Å². The van der Waals surface area contributed by atoms with Crippen molar-refractivity contribution in [3.8, 4) is 0 Å². The molecule has 1 aliphatic carbocycles. The molecule has 0 fully saturated rings. The van der Waals surface area contributed by atoms with Crippen molar-refractivity contribution in [2.45, 2.75) is 51.6 Å². The molecule has 4 rings (SSSR count). The van der Waals surface area contributed by atoms with Gasteiger partial charge in [0.25, 0.3) is 0 Å². The van der Waals surface area contributed by atoms with Crippen LogP contribution in [0.15, 0.2) is 34.7 Å². The van der Waals surface area contributed by atoms with Crippen molar-refractivity contribution in [3.05, 3.63) is 64.6 Å². The van der Waals surface area contributed by atoms with Crippen LogP contribution in [0.3, 0.4) is 0 Å². The van der Waals surface area contributed by atoms with Gasteiger partial charge in [-0.15, -0.1) is 17.5 Å². The van der Waals surface area contributed by atoms with E-state index in [-0.39, 0.29) is 18.4 Å². The van der Waals surface area contributed by atoms with Gasteiger partial charge in [0.2, 0.25) is 5.89 Å². The SMILES string of the molecule is Cc1nc(CNc2nnc([C@H](N)Cc3ccccc3)o2)nc2c1CCCC2.Cl. The minimum Gasteiger partial charge on any atom is -0.406 e. The van der Waals surface area contributed by atoms with Gasteiger partial charge in [-0.2, -0.15) is 0 Å². The molecule has 3 aromatic rings. The Hall–Kier alpha value is -2.51. The number of aromatic nitrogens is 4. The van der Waals surface area contributed by atoms with Crippen molar-refractivity contribution in [2.75, 3.05) is 5.32 Å². The highest BCUT2D eigenvalue weighted by atomic mass is 35.5. The fraction of sp³-hybridized carbons (Fsp3) is 0.400. The molecule has 0 saturated carbocycles. The van der Waals surface area contributed by atoms with Crippen LogP contribution in [0.25, 0.3) is 0 Å². The van der Waals surface area contributed by atoms with Gasteiger partial charge in [0.1, 0.15) is 5.82 Å². The van der Waals surface area contributed by atoms with E-state index in [1.807, 2.05) is 30.3 Å². The second kappa shape index (κ2) is 9.12. The third-order valence-electron chi connectivity index (χ3n) is 4.89. The number of nitrogens with zero attached hydrogens (tertiary/aromatic N) is 4. The highest BCUT2D eigenvalue weighted by Crippen LogP contribution is 2.22. The van der Waals surface area contributed by atoms with Crippen LogP contribution in [-0.2, 0) is 25.8 Å². The number of benzene rings is 1. The van der Waals surface area contributed by atoms with Crippen molar-refractivity contribution in [2.24, 2.45) is 5.73 Å². The Morgan fingerprint density at radius 2 is 1.89 bits per heavy atom. The van der Waals surface area contributed by atoms with Crippen LogP contribution in [-0.4, -0.2) is 20.2 Å². The Morgan fingerprint density at radius 3 is 2.71 bits per heavy atom. The summed E-state index contributed by atoms with van der Waals surface area (Å²) in [5.41, 5.74) is 10.9. The average Bonchev–Trinajstić information content (AvgIpc) is 3.17. The van der Waals surface area contributed by atoms with E-state index in [0.717, 1.165) is 29.9 Å². The van der Waals surface area contributed by atoms with Crippen LogP contribution >= 0.6 is 12.4 Å². The van der Waals surface area contributed by atoms with Crippen LogP contribution in [0.2, 0.25) is 0 Å². The van der Waals surface area contributed by atoms with E-state index < -0.39 is 0 Å². The molecule has 0 aliphatic heterocycles. The Labute approximate surface area is 170 Å². The topological polar surface area (TPSA) is 103 Å². The molecule has 2 heterocycles. The van der Waals surface area contributed by atoms with E-state index in [1.54, 1.807) is 0 Å². The molecule has 0 saturated heterocycles. The fourth-order valence-electron chi connectivity index (χ4n) is 3.49. The van der Waals surface area contributed by atoms with Crippen LogP contribution in [0.5, 0.6) is 0 Å². The molecule has 148 valence electrons. The van der Waals surface area contributed by atoms with Crippen LogP contribution in [0.1, 0.15) is 53.1 Å². The summed E-state index contributed by atoms with van der Waals surface area (Å²) >= 11 is 0.